The third-order valence-corrected chi connectivity index (χ3v) is 6.37. The van der Waals surface area contributed by atoms with Crippen LogP contribution in [0, 0.1) is 5.41 Å². The maximum absolute atomic E-state index is 11.2. The first-order valence-electron chi connectivity index (χ1n) is 9.20. The van der Waals surface area contributed by atoms with E-state index in [0.29, 0.717) is 0 Å². The van der Waals surface area contributed by atoms with Crippen LogP contribution in [0.5, 0.6) is 0 Å². The summed E-state index contributed by atoms with van der Waals surface area (Å²) in [5.41, 5.74) is 2.21. The highest BCUT2D eigenvalue weighted by Crippen LogP contribution is 2.55. The standard InChI is InChI=1S/C21H24N6O/c1-6-21(19(2,3)20(4,5)28,13-9-7-11-15-17(13)24-26-22-15)14-10-8-12-16-18(14)25-27-23-16/h6-12,28H,1H2,2-5H3,(H,22,24,26)(H,23,25,27). The molecule has 144 valence electrons. The van der Waals surface area contributed by atoms with Crippen molar-refractivity contribution in [2.24, 2.45) is 5.41 Å². The lowest BCUT2D eigenvalue weighted by molar-refractivity contribution is -0.0601. The number of hydrogen-bond acceptors (Lipinski definition) is 5. The van der Waals surface area contributed by atoms with Crippen LogP contribution in [-0.2, 0) is 5.41 Å². The molecule has 7 heteroatoms. The fourth-order valence-corrected chi connectivity index (χ4v) is 4.15. The molecule has 0 aliphatic rings. The van der Waals surface area contributed by atoms with E-state index in [1.165, 1.54) is 0 Å². The minimum absolute atomic E-state index is 0.692. The first-order valence-corrected chi connectivity index (χ1v) is 9.20. The number of benzene rings is 2. The van der Waals surface area contributed by atoms with Gasteiger partial charge in [0.15, 0.2) is 0 Å². The van der Waals surface area contributed by atoms with E-state index in [9.17, 15) is 5.11 Å². The normalized spacial score (nSPS) is 13.3. The molecule has 0 aliphatic carbocycles. The smallest absolute Gasteiger partial charge is 0.117 e. The molecule has 0 atom stereocenters. The molecule has 2 aromatic carbocycles. The highest BCUT2D eigenvalue weighted by molar-refractivity contribution is 5.85. The van der Waals surface area contributed by atoms with Crippen LogP contribution in [0.3, 0.4) is 0 Å². The average molecular weight is 376 g/mol. The molecule has 2 aromatic heterocycles. The van der Waals surface area contributed by atoms with Crippen molar-refractivity contribution >= 4 is 22.1 Å². The molecular weight excluding hydrogens is 352 g/mol. The van der Waals surface area contributed by atoms with Crippen LogP contribution in [0.15, 0.2) is 49.1 Å². The number of aromatic amines is 2. The Labute approximate surface area is 162 Å². The van der Waals surface area contributed by atoms with Crippen molar-refractivity contribution < 1.29 is 5.11 Å². The zero-order valence-corrected chi connectivity index (χ0v) is 16.5. The Bertz CT molecular complexity index is 1090. The van der Waals surface area contributed by atoms with Crippen LogP contribution in [0.1, 0.15) is 38.8 Å². The zero-order valence-electron chi connectivity index (χ0n) is 16.5. The predicted molar refractivity (Wildman–Crippen MR) is 109 cm³/mol. The topological polar surface area (TPSA) is 103 Å². The minimum atomic E-state index is -1.06. The van der Waals surface area contributed by atoms with Gasteiger partial charge in [-0.05, 0) is 37.1 Å². The van der Waals surface area contributed by atoms with Gasteiger partial charge < -0.3 is 5.11 Å². The Kier molecular flexibility index (Phi) is 3.90. The highest BCUT2D eigenvalue weighted by atomic mass is 16.3. The van der Waals surface area contributed by atoms with Gasteiger partial charge in [0.1, 0.15) is 22.1 Å². The van der Waals surface area contributed by atoms with Gasteiger partial charge in [-0.1, -0.05) is 44.2 Å². The van der Waals surface area contributed by atoms with Crippen LogP contribution in [0.2, 0.25) is 0 Å². The summed E-state index contributed by atoms with van der Waals surface area (Å²) < 4.78 is 0. The number of aromatic nitrogens is 6. The van der Waals surface area contributed by atoms with Crippen LogP contribution in [0.4, 0.5) is 0 Å². The Morgan fingerprint density at radius 1 is 0.821 bits per heavy atom. The lowest BCUT2D eigenvalue weighted by atomic mass is 9.52. The maximum Gasteiger partial charge on any atom is 0.117 e. The van der Waals surface area contributed by atoms with Crippen LogP contribution >= 0.6 is 0 Å². The van der Waals surface area contributed by atoms with Crippen LogP contribution < -0.4 is 0 Å². The summed E-state index contributed by atoms with van der Waals surface area (Å²) in [6.45, 7) is 11.9. The van der Waals surface area contributed by atoms with Gasteiger partial charge in [0.25, 0.3) is 0 Å². The summed E-state index contributed by atoms with van der Waals surface area (Å²) in [5, 5.41) is 34.0. The van der Waals surface area contributed by atoms with E-state index in [2.05, 4.69) is 37.4 Å². The molecule has 0 spiro atoms. The fourth-order valence-electron chi connectivity index (χ4n) is 4.15. The molecule has 0 bridgehead atoms. The van der Waals surface area contributed by atoms with Crippen molar-refractivity contribution in [2.45, 2.75) is 38.7 Å². The first kappa shape index (κ1) is 18.3. The van der Waals surface area contributed by atoms with Gasteiger partial charge in [-0.2, -0.15) is 30.8 Å². The van der Waals surface area contributed by atoms with Crippen molar-refractivity contribution in [3.05, 3.63) is 60.2 Å². The molecule has 0 amide bonds. The van der Waals surface area contributed by atoms with Crippen LogP contribution in [-0.4, -0.2) is 41.5 Å². The SMILES string of the molecule is C=CC(c1cccc2n[nH]nc12)(c1cccc2n[nH]nc12)C(C)(C)C(C)(C)O. The number of nitrogens with one attached hydrogen (secondary N) is 2. The summed E-state index contributed by atoms with van der Waals surface area (Å²) in [4.78, 5) is 0. The number of allylic oxidation sites excluding steroid dienone is 1. The van der Waals surface area contributed by atoms with E-state index in [-0.39, 0.29) is 0 Å². The van der Waals surface area contributed by atoms with Crippen molar-refractivity contribution in [2.75, 3.05) is 0 Å². The zero-order chi connectivity index (χ0) is 20.2. The van der Waals surface area contributed by atoms with Gasteiger partial charge in [0.05, 0.1) is 11.0 Å². The molecule has 4 aromatic rings. The van der Waals surface area contributed by atoms with E-state index in [4.69, 9.17) is 0 Å². The monoisotopic (exact) mass is 376 g/mol. The predicted octanol–water partition coefficient (Wildman–Crippen LogP) is 3.50. The number of aliphatic hydroxyl groups is 1. The molecule has 0 unspecified atom stereocenters. The molecule has 0 radical (unpaired) electrons. The number of fused-ring (bicyclic) bond motifs is 2. The molecule has 28 heavy (non-hydrogen) atoms. The fraction of sp³-hybridized carbons (Fsp3) is 0.333. The Morgan fingerprint density at radius 2 is 1.29 bits per heavy atom. The largest absolute Gasteiger partial charge is 0.390 e. The van der Waals surface area contributed by atoms with Gasteiger partial charge in [0.2, 0.25) is 0 Å². The number of hydrogen-bond donors (Lipinski definition) is 3. The van der Waals surface area contributed by atoms with Crippen LogP contribution in [0.25, 0.3) is 22.1 Å². The quantitative estimate of drug-likeness (QED) is 0.463. The van der Waals surface area contributed by atoms with Crippen molar-refractivity contribution in [3.8, 4) is 0 Å². The summed E-state index contributed by atoms with van der Waals surface area (Å²) in [6.07, 6.45) is 1.89. The van der Waals surface area contributed by atoms with Crippen molar-refractivity contribution in [3.63, 3.8) is 0 Å². The molecule has 0 fully saturated rings. The van der Waals surface area contributed by atoms with E-state index >= 15 is 0 Å². The van der Waals surface area contributed by atoms with Crippen molar-refractivity contribution in [1.82, 2.24) is 30.8 Å². The molecule has 0 saturated carbocycles. The summed E-state index contributed by atoms with van der Waals surface area (Å²) in [7, 11) is 0. The third-order valence-electron chi connectivity index (χ3n) is 6.37. The third kappa shape index (κ3) is 2.26. The summed E-state index contributed by atoms with van der Waals surface area (Å²) in [6, 6.07) is 11.7. The highest BCUT2D eigenvalue weighted by Gasteiger charge is 2.54. The van der Waals surface area contributed by atoms with Gasteiger partial charge in [-0.15, -0.1) is 6.58 Å². The van der Waals surface area contributed by atoms with Gasteiger partial charge >= 0.3 is 0 Å². The Morgan fingerprint density at radius 3 is 1.68 bits per heavy atom. The molecule has 4 rings (SSSR count). The maximum atomic E-state index is 11.2. The van der Waals surface area contributed by atoms with Crippen molar-refractivity contribution in [1.29, 1.82) is 0 Å². The molecule has 0 saturated heterocycles. The Hall–Kier alpha value is -3.06. The molecule has 2 heterocycles. The lowest BCUT2D eigenvalue weighted by Crippen LogP contribution is -2.54. The lowest BCUT2D eigenvalue weighted by Gasteiger charge is -2.52. The second-order valence-corrected chi connectivity index (χ2v) is 8.19. The number of nitrogens with zero attached hydrogens (tertiary/aromatic N) is 4. The van der Waals surface area contributed by atoms with E-state index in [0.717, 1.165) is 33.2 Å². The first-order chi connectivity index (χ1) is 13.2. The van der Waals surface area contributed by atoms with E-state index < -0.39 is 16.4 Å². The van der Waals surface area contributed by atoms with E-state index in [1.807, 2.05) is 70.2 Å². The second kappa shape index (κ2) is 5.97. The summed E-state index contributed by atoms with van der Waals surface area (Å²) in [5.74, 6) is 0. The number of rotatable bonds is 5. The summed E-state index contributed by atoms with van der Waals surface area (Å²) >= 11 is 0. The molecule has 3 N–H and O–H groups in total. The van der Waals surface area contributed by atoms with E-state index in [1.54, 1.807) is 0 Å². The Balaban J connectivity index is 2.20. The van der Waals surface area contributed by atoms with Gasteiger partial charge in [-0.25, -0.2) is 0 Å². The number of H-pyrrole nitrogens is 2. The molecule has 0 aliphatic heterocycles. The average Bonchev–Trinajstić information content (AvgIpc) is 3.31. The molecular formula is C21H24N6O. The number of para-hydroxylation sites is 2. The molecule has 7 nitrogen and oxygen atoms in total. The minimum Gasteiger partial charge on any atom is -0.390 e. The van der Waals surface area contributed by atoms with Gasteiger partial charge in [0, 0.05) is 5.41 Å². The van der Waals surface area contributed by atoms with Gasteiger partial charge in [-0.3, -0.25) is 0 Å². The second-order valence-electron chi connectivity index (χ2n) is 8.19.